The van der Waals surface area contributed by atoms with Crippen LogP contribution >= 0.6 is 0 Å². The summed E-state index contributed by atoms with van der Waals surface area (Å²) in [5, 5.41) is 4.22. The van der Waals surface area contributed by atoms with Gasteiger partial charge in [0.1, 0.15) is 11.3 Å². The molecule has 5 heterocycles. The molecule has 0 spiro atoms. The Morgan fingerprint density at radius 2 is 1.75 bits per heavy atom. The molecule has 28 heavy (non-hydrogen) atoms. The lowest BCUT2D eigenvalue weighted by Gasteiger charge is -2.35. The number of imidazole rings is 1. The van der Waals surface area contributed by atoms with E-state index in [9.17, 15) is 0 Å². The predicted molar refractivity (Wildman–Crippen MR) is 107 cm³/mol. The molecule has 1 fully saturated rings. The molecule has 142 valence electrons. The van der Waals surface area contributed by atoms with Gasteiger partial charge in [-0.25, -0.2) is 15.0 Å². The van der Waals surface area contributed by atoms with Crippen LogP contribution in [0.3, 0.4) is 0 Å². The first-order chi connectivity index (χ1) is 13.7. The lowest BCUT2D eigenvalue weighted by Crippen LogP contribution is -2.47. The van der Waals surface area contributed by atoms with E-state index in [-0.39, 0.29) is 0 Å². The lowest BCUT2D eigenvalue weighted by atomic mass is 10.2. The second kappa shape index (κ2) is 6.59. The summed E-state index contributed by atoms with van der Waals surface area (Å²) in [5.41, 5.74) is 3.66. The summed E-state index contributed by atoms with van der Waals surface area (Å²) < 4.78 is 3.84. The van der Waals surface area contributed by atoms with Crippen molar-refractivity contribution in [1.29, 1.82) is 0 Å². The van der Waals surface area contributed by atoms with Gasteiger partial charge in [0, 0.05) is 58.2 Å². The molecule has 0 radical (unpaired) electrons. The summed E-state index contributed by atoms with van der Waals surface area (Å²) in [6, 6.07) is 3.92. The molecule has 1 aliphatic heterocycles. The first-order valence-corrected chi connectivity index (χ1v) is 9.27. The molecule has 0 atom stereocenters. The quantitative estimate of drug-likeness (QED) is 0.537. The maximum Gasteiger partial charge on any atom is 0.207 e. The van der Waals surface area contributed by atoms with Crippen LogP contribution in [-0.4, -0.2) is 60.5 Å². The average Bonchev–Trinajstić information content (AvgIpc) is 3.32. The molecular formula is C19H21N9. The van der Waals surface area contributed by atoms with Crippen molar-refractivity contribution in [2.75, 3.05) is 36.0 Å². The Labute approximate surface area is 162 Å². The van der Waals surface area contributed by atoms with Crippen molar-refractivity contribution in [3.63, 3.8) is 0 Å². The van der Waals surface area contributed by atoms with Crippen LogP contribution in [0.5, 0.6) is 0 Å². The molecule has 0 amide bonds. The zero-order valence-electron chi connectivity index (χ0n) is 15.9. The number of pyridine rings is 1. The van der Waals surface area contributed by atoms with E-state index >= 15 is 0 Å². The second-order valence-electron chi connectivity index (χ2n) is 6.96. The third-order valence-corrected chi connectivity index (χ3v) is 5.11. The third kappa shape index (κ3) is 2.84. The van der Waals surface area contributed by atoms with Crippen LogP contribution in [0.25, 0.3) is 22.4 Å². The molecule has 4 aromatic rings. The van der Waals surface area contributed by atoms with E-state index in [0.717, 1.165) is 60.4 Å². The fraction of sp³-hybridized carbons (Fsp3) is 0.316. The van der Waals surface area contributed by atoms with Crippen LogP contribution in [0.4, 0.5) is 11.8 Å². The minimum absolute atomic E-state index is 0.842. The largest absolute Gasteiger partial charge is 0.352 e. The fourth-order valence-corrected chi connectivity index (χ4v) is 3.63. The SMILES string of the molecule is Cn1cc(-c2cncc(N3CCN(c4nc5cccnc5n4C)CC3)n2)cn1. The molecule has 1 saturated heterocycles. The zero-order valence-corrected chi connectivity index (χ0v) is 15.9. The van der Waals surface area contributed by atoms with Crippen molar-refractivity contribution >= 4 is 22.9 Å². The van der Waals surface area contributed by atoms with Gasteiger partial charge >= 0.3 is 0 Å². The first-order valence-electron chi connectivity index (χ1n) is 9.27. The van der Waals surface area contributed by atoms with Crippen molar-refractivity contribution in [2.24, 2.45) is 14.1 Å². The fourth-order valence-electron chi connectivity index (χ4n) is 3.63. The van der Waals surface area contributed by atoms with Gasteiger partial charge < -0.3 is 9.80 Å². The molecule has 0 unspecified atom stereocenters. The average molecular weight is 375 g/mol. The van der Waals surface area contributed by atoms with Crippen LogP contribution in [0.15, 0.2) is 43.1 Å². The normalized spacial score (nSPS) is 14.8. The van der Waals surface area contributed by atoms with Crippen molar-refractivity contribution in [2.45, 2.75) is 0 Å². The Balaban J connectivity index is 1.34. The smallest absolute Gasteiger partial charge is 0.207 e. The van der Waals surface area contributed by atoms with E-state index in [1.165, 1.54) is 0 Å². The van der Waals surface area contributed by atoms with E-state index in [1.807, 2.05) is 44.8 Å². The van der Waals surface area contributed by atoms with E-state index < -0.39 is 0 Å². The lowest BCUT2D eigenvalue weighted by molar-refractivity contribution is 0.626. The van der Waals surface area contributed by atoms with Crippen molar-refractivity contribution in [3.8, 4) is 11.3 Å². The van der Waals surface area contributed by atoms with Crippen LogP contribution in [0, 0.1) is 0 Å². The molecule has 1 aliphatic rings. The number of rotatable bonds is 3. The van der Waals surface area contributed by atoms with E-state index in [1.54, 1.807) is 17.1 Å². The van der Waals surface area contributed by atoms with Crippen molar-refractivity contribution in [3.05, 3.63) is 43.1 Å². The number of aromatic nitrogens is 7. The Bertz CT molecular complexity index is 1120. The Morgan fingerprint density at radius 1 is 0.929 bits per heavy atom. The molecule has 9 nitrogen and oxygen atoms in total. The number of fused-ring (bicyclic) bond motifs is 1. The van der Waals surface area contributed by atoms with E-state index in [2.05, 4.69) is 29.4 Å². The van der Waals surface area contributed by atoms with Gasteiger partial charge in [-0.2, -0.15) is 5.10 Å². The Kier molecular flexibility index (Phi) is 3.92. The summed E-state index contributed by atoms with van der Waals surface area (Å²) in [7, 11) is 3.92. The van der Waals surface area contributed by atoms with Crippen LogP contribution < -0.4 is 9.80 Å². The molecular weight excluding hydrogens is 354 g/mol. The molecule has 9 heteroatoms. The third-order valence-electron chi connectivity index (χ3n) is 5.11. The Morgan fingerprint density at radius 3 is 2.50 bits per heavy atom. The molecule has 0 saturated carbocycles. The van der Waals surface area contributed by atoms with Gasteiger partial charge in [-0.1, -0.05) is 0 Å². The maximum atomic E-state index is 4.79. The number of anilines is 2. The van der Waals surface area contributed by atoms with E-state index in [0.29, 0.717) is 0 Å². The molecule has 0 aromatic carbocycles. The summed E-state index contributed by atoms with van der Waals surface area (Å²) in [4.78, 5) is 22.9. The first kappa shape index (κ1) is 16.7. The standard InChI is InChI=1S/C19H21N9/c1-25-13-14(10-22-25)16-11-20-12-17(23-16)27-6-8-28(9-7-27)19-24-15-4-3-5-21-18(15)26(19)2/h3-5,10-13H,6-9H2,1-2H3. The Hall–Kier alpha value is -3.49. The summed E-state index contributed by atoms with van der Waals surface area (Å²) in [6.45, 7) is 3.47. The number of piperazine rings is 1. The highest BCUT2D eigenvalue weighted by Gasteiger charge is 2.22. The highest BCUT2D eigenvalue weighted by atomic mass is 15.4. The van der Waals surface area contributed by atoms with Gasteiger partial charge in [-0.05, 0) is 12.1 Å². The summed E-state index contributed by atoms with van der Waals surface area (Å²) >= 11 is 0. The highest BCUT2D eigenvalue weighted by Crippen LogP contribution is 2.23. The molecule has 4 aromatic heterocycles. The molecule has 0 bridgehead atoms. The second-order valence-corrected chi connectivity index (χ2v) is 6.96. The van der Waals surface area contributed by atoms with Gasteiger partial charge in [0.25, 0.3) is 0 Å². The van der Waals surface area contributed by atoms with Crippen LogP contribution in [0.1, 0.15) is 0 Å². The number of nitrogens with zero attached hydrogens (tertiary/aromatic N) is 9. The minimum atomic E-state index is 0.842. The van der Waals surface area contributed by atoms with Gasteiger partial charge in [0.15, 0.2) is 5.65 Å². The van der Waals surface area contributed by atoms with Crippen molar-refractivity contribution in [1.82, 2.24) is 34.3 Å². The molecule has 0 N–H and O–H groups in total. The van der Waals surface area contributed by atoms with Gasteiger partial charge in [0.2, 0.25) is 5.95 Å². The van der Waals surface area contributed by atoms with Gasteiger partial charge in [-0.3, -0.25) is 14.2 Å². The number of hydrogen-bond donors (Lipinski definition) is 0. The predicted octanol–water partition coefficient (Wildman–Crippen LogP) is 1.49. The molecule has 0 aliphatic carbocycles. The van der Waals surface area contributed by atoms with Crippen LogP contribution in [-0.2, 0) is 14.1 Å². The highest BCUT2D eigenvalue weighted by molar-refractivity contribution is 5.74. The number of hydrogen-bond acceptors (Lipinski definition) is 7. The van der Waals surface area contributed by atoms with Gasteiger partial charge in [0.05, 0.1) is 24.3 Å². The van der Waals surface area contributed by atoms with E-state index in [4.69, 9.17) is 9.97 Å². The summed E-state index contributed by atoms with van der Waals surface area (Å²) in [5.74, 6) is 1.86. The van der Waals surface area contributed by atoms with Crippen LogP contribution in [0.2, 0.25) is 0 Å². The number of aryl methyl sites for hydroxylation is 2. The zero-order chi connectivity index (χ0) is 19.1. The minimum Gasteiger partial charge on any atom is -0.352 e. The maximum absolute atomic E-state index is 4.79. The van der Waals surface area contributed by atoms with Gasteiger partial charge in [-0.15, -0.1) is 0 Å². The molecule has 5 rings (SSSR count). The summed E-state index contributed by atoms with van der Waals surface area (Å²) in [6.07, 6.45) is 9.17. The topological polar surface area (TPSA) is 80.8 Å². The monoisotopic (exact) mass is 375 g/mol. The van der Waals surface area contributed by atoms with Crippen molar-refractivity contribution < 1.29 is 0 Å².